The van der Waals surface area contributed by atoms with Gasteiger partial charge < -0.3 is 10.1 Å². The van der Waals surface area contributed by atoms with Crippen molar-refractivity contribution in [3.63, 3.8) is 0 Å². The molecule has 0 saturated heterocycles. The standard InChI is InChI=1S/C14H11I3N2O2/c15-10-6-11(16)13(12(17)7-10)21-5-4-19-14(20)9-2-1-3-18-8-9/h1-3,6-8H,4-5H2,(H,19,20). The monoisotopic (exact) mass is 620 g/mol. The topological polar surface area (TPSA) is 51.2 Å². The van der Waals surface area contributed by atoms with E-state index in [1.54, 1.807) is 24.5 Å². The molecule has 0 bridgehead atoms. The van der Waals surface area contributed by atoms with Gasteiger partial charge in [-0.25, -0.2) is 0 Å². The van der Waals surface area contributed by atoms with Crippen LogP contribution in [0.1, 0.15) is 10.4 Å². The largest absolute Gasteiger partial charge is 0.490 e. The molecule has 0 radical (unpaired) electrons. The van der Waals surface area contributed by atoms with Gasteiger partial charge in [0.15, 0.2) is 0 Å². The lowest BCUT2D eigenvalue weighted by Crippen LogP contribution is -2.28. The number of rotatable bonds is 5. The lowest BCUT2D eigenvalue weighted by molar-refractivity contribution is 0.0946. The molecule has 110 valence electrons. The van der Waals surface area contributed by atoms with E-state index in [-0.39, 0.29) is 5.91 Å². The lowest BCUT2D eigenvalue weighted by atomic mass is 10.3. The molecule has 1 heterocycles. The Kier molecular flexibility index (Phi) is 6.92. The highest BCUT2D eigenvalue weighted by atomic mass is 127. The third-order valence-corrected chi connectivity index (χ3v) is 4.75. The fourth-order valence-corrected chi connectivity index (χ4v) is 5.48. The van der Waals surface area contributed by atoms with Crippen LogP contribution in [-0.4, -0.2) is 24.0 Å². The predicted molar refractivity (Wildman–Crippen MR) is 107 cm³/mol. The number of hydrogen-bond acceptors (Lipinski definition) is 3. The van der Waals surface area contributed by atoms with Gasteiger partial charge in [0, 0.05) is 16.0 Å². The van der Waals surface area contributed by atoms with Crippen molar-refractivity contribution in [3.05, 3.63) is 52.9 Å². The first-order chi connectivity index (χ1) is 10.1. The van der Waals surface area contributed by atoms with E-state index in [2.05, 4.69) is 90.2 Å². The molecule has 0 aliphatic carbocycles. The highest BCUT2D eigenvalue weighted by molar-refractivity contribution is 14.1. The van der Waals surface area contributed by atoms with Gasteiger partial charge in [-0.05, 0) is 92.0 Å². The van der Waals surface area contributed by atoms with Crippen molar-refractivity contribution in [2.24, 2.45) is 0 Å². The zero-order valence-corrected chi connectivity index (χ0v) is 17.2. The van der Waals surface area contributed by atoms with Crippen LogP contribution in [0.3, 0.4) is 0 Å². The highest BCUT2D eigenvalue weighted by Gasteiger charge is 2.09. The Morgan fingerprint density at radius 3 is 2.57 bits per heavy atom. The third kappa shape index (κ3) is 5.20. The molecule has 1 aromatic heterocycles. The van der Waals surface area contributed by atoms with E-state index >= 15 is 0 Å². The lowest BCUT2D eigenvalue weighted by Gasteiger charge is -2.11. The van der Waals surface area contributed by atoms with Gasteiger partial charge in [0.2, 0.25) is 0 Å². The van der Waals surface area contributed by atoms with Gasteiger partial charge >= 0.3 is 0 Å². The summed E-state index contributed by atoms with van der Waals surface area (Å²) in [7, 11) is 0. The summed E-state index contributed by atoms with van der Waals surface area (Å²) in [4.78, 5) is 15.7. The van der Waals surface area contributed by atoms with Crippen molar-refractivity contribution in [2.75, 3.05) is 13.2 Å². The van der Waals surface area contributed by atoms with Crippen LogP contribution in [0.4, 0.5) is 0 Å². The van der Waals surface area contributed by atoms with E-state index in [4.69, 9.17) is 4.74 Å². The number of aromatic nitrogens is 1. The van der Waals surface area contributed by atoms with Crippen LogP contribution in [0.25, 0.3) is 0 Å². The molecule has 0 atom stereocenters. The number of hydrogen-bond donors (Lipinski definition) is 1. The Morgan fingerprint density at radius 1 is 1.24 bits per heavy atom. The number of pyridine rings is 1. The number of benzene rings is 1. The van der Waals surface area contributed by atoms with E-state index in [1.807, 2.05) is 0 Å². The molecule has 0 aliphatic rings. The van der Waals surface area contributed by atoms with E-state index in [0.717, 1.165) is 12.9 Å². The molecule has 7 heteroatoms. The first-order valence-corrected chi connectivity index (χ1v) is 9.27. The second kappa shape index (κ2) is 8.46. The average Bonchev–Trinajstić information content (AvgIpc) is 2.46. The van der Waals surface area contributed by atoms with Crippen molar-refractivity contribution in [1.82, 2.24) is 10.3 Å². The summed E-state index contributed by atoms with van der Waals surface area (Å²) in [6, 6.07) is 7.59. The van der Waals surface area contributed by atoms with Gasteiger partial charge in [-0.1, -0.05) is 0 Å². The molecule has 0 aliphatic heterocycles. The van der Waals surface area contributed by atoms with Crippen molar-refractivity contribution in [3.8, 4) is 5.75 Å². The maximum Gasteiger partial charge on any atom is 0.252 e. The zero-order valence-electron chi connectivity index (χ0n) is 10.8. The van der Waals surface area contributed by atoms with Crippen molar-refractivity contribution >= 4 is 73.7 Å². The molecule has 1 N–H and O–H groups in total. The van der Waals surface area contributed by atoms with Crippen LogP contribution in [0.5, 0.6) is 5.75 Å². The number of nitrogens with zero attached hydrogens (tertiary/aromatic N) is 1. The van der Waals surface area contributed by atoms with Gasteiger partial charge in [0.1, 0.15) is 12.4 Å². The van der Waals surface area contributed by atoms with Gasteiger partial charge in [-0.2, -0.15) is 0 Å². The molecule has 0 unspecified atom stereocenters. The quantitative estimate of drug-likeness (QED) is 0.410. The molecule has 0 fully saturated rings. The molecule has 1 aromatic carbocycles. The SMILES string of the molecule is O=C(NCCOc1c(I)cc(I)cc1I)c1cccnc1. The maximum absolute atomic E-state index is 11.8. The first-order valence-electron chi connectivity index (χ1n) is 6.03. The number of ether oxygens (including phenoxy) is 1. The first kappa shape index (κ1) is 17.2. The van der Waals surface area contributed by atoms with Gasteiger partial charge in [-0.3, -0.25) is 9.78 Å². The molecule has 1 amide bonds. The molecule has 2 rings (SSSR count). The Bertz CT molecular complexity index is 612. The summed E-state index contributed by atoms with van der Waals surface area (Å²) in [5.74, 6) is 0.728. The van der Waals surface area contributed by atoms with Gasteiger partial charge in [-0.15, -0.1) is 0 Å². The molecule has 0 spiro atoms. The Morgan fingerprint density at radius 2 is 1.95 bits per heavy atom. The summed E-state index contributed by atoms with van der Waals surface area (Å²) in [6.45, 7) is 0.879. The van der Waals surface area contributed by atoms with Crippen molar-refractivity contribution in [2.45, 2.75) is 0 Å². The van der Waals surface area contributed by atoms with Crippen LogP contribution < -0.4 is 10.1 Å². The fourth-order valence-electron chi connectivity index (χ4n) is 1.58. The van der Waals surface area contributed by atoms with Crippen LogP contribution >= 0.6 is 67.8 Å². The minimum Gasteiger partial charge on any atom is -0.490 e. The molecule has 21 heavy (non-hydrogen) atoms. The maximum atomic E-state index is 11.8. The van der Waals surface area contributed by atoms with E-state index in [1.165, 1.54) is 3.57 Å². The summed E-state index contributed by atoms with van der Waals surface area (Å²) < 4.78 is 9.08. The predicted octanol–water partition coefficient (Wildman–Crippen LogP) is 3.70. The number of halogens is 3. The second-order valence-electron chi connectivity index (χ2n) is 4.04. The average molecular weight is 620 g/mol. The minimum atomic E-state index is -0.140. The summed E-state index contributed by atoms with van der Waals surface area (Å²) in [5, 5.41) is 2.81. The smallest absolute Gasteiger partial charge is 0.252 e. The fraction of sp³-hybridized carbons (Fsp3) is 0.143. The Balaban J connectivity index is 1.84. The van der Waals surface area contributed by atoms with E-state index in [9.17, 15) is 4.79 Å². The van der Waals surface area contributed by atoms with E-state index < -0.39 is 0 Å². The van der Waals surface area contributed by atoms with E-state index in [0.29, 0.717) is 18.7 Å². The minimum absolute atomic E-state index is 0.140. The van der Waals surface area contributed by atoms with Crippen LogP contribution in [0.2, 0.25) is 0 Å². The van der Waals surface area contributed by atoms with Crippen LogP contribution in [-0.2, 0) is 0 Å². The third-order valence-electron chi connectivity index (χ3n) is 2.52. The Hall–Kier alpha value is -0.170. The second-order valence-corrected chi connectivity index (χ2v) is 7.61. The molecular formula is C14H11I3N2O2. The molecule has 4 nitrogen and oxygen atoms in total. The van der Waals surface area contributed by atoms with Crippen molar-refractivity contribution < 1.29 is 9.53 Å². The number of nitrogens with one attached hydrogen (secondary N) is 1. The highest BCUT2D eigenvalue weighted by Crippen LogP contribution is 2.29. The van der Waals surface area contributed by atoms with Crippen LogP contribution in [0.15, 0.2) is 36.7 Å². The zero-order chi connectivity index (χ0) is 15.2. The normalized spacial score (nSPS) is 10.2. The number of carbonyl (C=O) groups is 1. The van der Waals surface area contributed by atoms with Crippen molar-refractivity contribution in [1.29, 1.82) is 0 Å². The molecular weight excluding hydrogens is 609 g/mol. The van der Waals surface area contributed by atoms with Gasteiger partial charge in [0.25, 0.3) is 5.91 Å². The van der Waals surface area contributed by atoms with Crippen LogP contribution in [0, 0.1) is 10.7 Å². The summed E-state index contributed by atoms with van der Waals surface area (Å²) in [5.41, 5.74) is 0.552. The summed E-state index contributed by atoms with van der Waals surface area (Å²) >= 11 is 6.79. The Labute approximate surface area is 163 Å². The molecule has 2 aromatic rings. The number of carbonyl (C=O) groups excluding carboxylic acids is 1. The summed E-state index contributed by atoms with van der Waals surface area (Å²) in [6.07, 6.45) is 3.18. The number of amides is 1. The molecule has 0 saturated carbocycles. The van der Waals surface area contributed by atoms with Gasteiger partial charge in [0.05, 0.1) is 19.2 Å².